The van der Waals surface area contributed by atoms with Crippen molar-refractivity contribution in [1.29, 1.82) is 0 Å². The lowest BCUT2D eigenvalue weighted by Gasteiger charge is -2.41. The summed E-state index contributed by atoms with van der Waals surface area (Å²) in [5, 5.41) is 0. The molecule has 0 N–H and O–H groups in total. The lowest BCUT2D eigenvalue weighted by atomic mass is 9.79. The van der Waals surface area contributed by atoms with Gasteiger partial charge in [-0.1, -0.05) is 62.9 Å². The third-order valence-electron chi connectivity index (χ3n) is 8.00. The van der Waals surface area contributed by atoms with E-state index in [-0.39, 0.29) is 35.8 Å². The van der Waals surface area contributed by atoms with Crippen LogP contribution in [0.4, 0.5) is 18.9 Å². The zero-order chi connectivity index (χ0) is 28.4. The standard InChI is InChI=1S/C31H39F3N2O3/c1-5-7-13-18-36-26-19-23(24(31(32,33)34)20-27(26)39-30(3,4)29(36)38)28(37)35(6-2)25-17-12-11-16-22(25)21-14-9-8-10-15-21/h8-10,14-15,19-20,22,25H,5-7,11-13,16-18H2,1-4H3/t22-,25+/m1/s1. The van der Waals surface area contributed by atoms with Gasteiger partial charge in [-0.2, -0.15) is 13.2 Å². The van der Waals surface area contributed by atoms with Crippen molar-refractivity contribution in [2.45, 2.75) is 96.4 Å². The molecule has 1 heterocycles. The SMILES string of the molecule is CCCCCN1C(=O)C(C)(C)Oc2cc(C(F)(F)F)c(C(=O)N(CC)[C@H]3CCCC[C@@H]3c3ccccc3)cc21. The second-order valence-corrected chi connectivity index (χ2v) is 11.1. The summed E-state index contributed by atoms with van der Waals surface area (Å²) in [6, 6.07) is 11.8. The summed E-state index contributed by atoms with van der Waals surface area (Å²) < 4.78 is 49.1. The summed E-state index contributed by atoms with van der Waals surface area (Å²) in [6.45, 7) is 7.60. The van der Waals surface area contributed by atoms with Gasteiger partial charge in [-0.3, -0.25) is 9.59 Å². The van der Waals surface area contributed by atoms with Gasteiger partial charge in [0.1, 0.15) is 5.75 Å². The molecule has 0 aromatic heterocycles. The van der Waals surface area contributed by atoms with Gasteiger partial charge in [0.15, 0.2) is 5.60 Å². The Balaban J connectivity index is 1.79. The molecule has 212 valence electrons. The predicted octanol–water partition coefficient (Wildman–Crippen LogP) is 7.59. The van der Waals surface area contributed by atoms with Crippen LogP contribution in [-0.2, 0) is 11.0 Å². The molecule has 0 bridgehead atoms. The van der Waals surface area contributed by atoms with Crippen molar-refractivity contribution in [2.24, 2.45) is 0 Å². The summed E-state index contributed by atoms with van der Waals surface area (Å²) in [7, 11) is 0. The molecule has 39 heavy (non-hydrogen) atoms. The first-order valence-electron chi connectivity index (χ1n) is 14.1. The molecule has 1 aliphatic carbocycles. The highest BCUT2D eigenvalue weighted by molar-refractivity contribution is 6.05. The second-order valence-electron chi connectivity index (χ2n) is 11.1. The molecule has 0 radical (unpaired) electrons. The highest BCUT2D eigenvalue weighted by atomic mass is 19.4. The van der Waals surface area contributed by atoms with E-state index in [9.17, 15) is 22.8 Å². The number of amides is 2. The number of halogens is 3. The van der Waals surface area contributed by atoms with Gasteiger partial charge in [-0.05, 0) is 57.7 Å². The molecule has 4 rings (SSSR count). The zero-order valence-electron chi connectivity index (χ0n) is 23.3. The van der Waals surface area contributed by atoms with Gasteiger partial charge in [0, 0.05) is 25.0 Å². The highest BCUT2D eigenvalue weighted by Crippen LogP contribution is 2.45. The number of likely N-dealkylation sites (N-methyl/N-ethyl adjacent to an activating group) is 1. The van der Waals surface area contributed by atoms with E-state index in [1.807, 2.05) is 44.2 Å². The van der Waals surface area contributed by atoms with E-state index in [0.717, 1.165) is 50.2 Å². The van der Waals surface area contributed by atoms with Crippen molar-refractivity contribution in [2.75, 3.05) is 18.0 Å². The minimum atomic E-state index is -4.77. The van der Waals surface area contributed by atoms with Gasteiger partial charge in [-0.15, -0.1) is 0 Å². The minimum absolute atomic E-state index is 0.0251. The van der Waals surface area contributed by atoms with Crippen molar-refractivity contribution in [3.05, 3.63) is 59.2 Å². The predicted molar refractivity (Wildman–Crippen MR) is 146 cm³/mol. The van der Waals surface area contributed by atoms with Crippen molar-refractivity contribution >= 4 is 17.5 Å². The summed E-state index contributed by atoms with van der Waals surface area (Å²) in [5.41, 5.74) is -1.45. The van der Waals surface area contributed by atoms with E-state index in [2.05, 4.69) is 0 Å². The molecule has 2 aromatic carbocycles. The van der Waals surface area contributed by atoms with Crippen LogP contribution in [0.15, 0.2) is 42.5 Å². The maximum atomic E-state index is 14.4. The van der Waals surface area contributed by atoms with E-state index in [1.165, 1.54) is 11.0 Å². The quantitative estimate of drug-likeness (QED) is 0.322. The van der Waals surface area contributed by atoms with Gasteiger partial charge in [0.05, 0.1) is 16.8 Å². The summed E-state index contributed by atoms with van der Waals surface area (Å²) >= 11 is 0. The summed E-state index contributed by atoms with van der Waals surface area (Å²) in [6.07, 6.45) is 1.26. The number of hydrogen-bond acceptors (Lipinski definition) is 3. The number of nitrogens with zero attached hydrogens (tertiary/aromatic N) is 2. The molecule has 2 atom stereocenters. The first kappa shape index (κ1) is 29.0. The van der Waals surface area contributed by atoms with Gasteiger partial charge >= 0.3 is 6.18 Å². The summed E-state index contributed by atoms with van der Waals surface area (Å²) in [4.78, 5) is 30.4. The third kappa shape index (κ3) is 5.94. The summed E-state index contributed by atoms with van der Waals surface area (Å²) in [5.74, 6) is -0.964. The van der Waals surface area contributed by atoms with Gasteiger partial charge < -0.3 is 14.5 Å². The Hall–Kier alpha value is -3.03. The molecule has 1 saturated carbocycles. The Kier molecular flexibility index (Phi) is 8.62. The number of hydrogen-bond donors (Lipinski definition) is 0. The average Bonchev–Trinajstić information content (AvgIpc) is 2.91. The molecule has 2 aromatic rings. The van der Waals surface area contributed by atoms with Crippen LogP contribution < -0.4 is 9.64 Å². The Morgan fingerprint density at radius 3 is 2.41 bits per heavy atom. The van der Waals surface area contributed by atoms with Crippen LogP contribution in [-0.4, -0.2) is 41.4 Å². The molecule has 1 aliphatic heterocycles. The minimum Gasteiger partial charge on any atom is -0.476 e. The molecular weight excluding hydrogens is 505 g/mol. The fraction of sp³-hybridized carbons (Fsp3) is 0.548. The number of carbonyl (C=O) groups excluding carboxylic acids is 2. The first-order valence-corrected chi connectivity index (χ1v) is 14.1. The Labute approximate surface area is 229 Å². The Bertz CT molecular complexity index is 1180. The van der Waals surface area contributed by atoms with Crippen LogP contribution in [0.25, 0.3) is 0 Å². The number of fused-ring (bicyclic) bond motifs is 1. The molecule has 2 amide bonds. The van der Waals surface area contributed by atoms with Crippen molar-refractivity contribution in [3.8, 4) is 5.75 Å². The molecule has 5 nitrogen and oxygen atoms in total. The maximum absolute atomic E-state index is 14.4. The van der Waals surface area contributed by atoms with Crippen LogP contribution in [0.5, 0.6) is 5.75 Å². The lowest BCUT2D eigenvalue weighted by molar-refractivity contribution is -0.138. The van der Waals surface area contributed by atoms with Gasteiger partial charge in [-0.25, -0.2) is 0 Å². The molecular formula is C31H39F3N2O3. The van der Waals surface area contributed by atoms with Crippen LogP contribution >= 0.6 is 0 Å². The lowest BCUT2D eigenvalue weighted by Crippen LogP contribution is -2.53. The van der Waals surface area contributed by atoms with Crippen molar-refractivity contribution < 1.29 is 27.5 Å². The smallest absolute Gasteiger partial charge is 0.417 e. The average molecular weight is 545 g/mol. The Morgan fingerprint density at radius 1 is 1.08 bits per heavy atom. The number of unbranched alkanes of at least 4 members (excludes halogenated alkanes) is 2. The monoisotopic (exact) mass is 544 g/mol. The maximum Gasteiger partial charge on any atom is 0.417 e. The van der Waals surface area contributed by atoms with Crippen molar-refractivity contribution in [1.82, 2.24) is 4.90 Å². The third-order valence-corrected chi connectivity index (χ3v) is 8.00. The second kappa shape index (κ2) is 11.6. The molecule has 2 aliphatic rings. The van der Waals surface area contributed by atoms with Crippen LogP contribution in [0.3, 0.4) is 0 Å². The van der Waals surface area contributed by atoms with Crippen LogP contribution in [0, 0.1) is 0 Å². The fourth-order valence-corrected chi connectivity index (χ4v) is 6.02. The number of rotatable bonds is 8. The van der Waals surface area contributed by atoms with Gasteiger partial charge in [0.25, 0.3) is 11.8 Å². The van der Waals surface area contributed by atoms with Gasteiger partial charge in [0.2, 0.25) is 0 Å². The van der Waals surface area contributed by atoms with E-state index in [4.69, 9.17) is 4.74 Å². The molecule has 0 unspecified atom stereocenters. The van der Waals surface area contributed by atoms with Crippen LogP contribution in [0.1, 0.15) is 100 Å². The number of alkyl halides is 3. The van der Waals surface area contributed by atoms with Crippen LogP contribution in [0.2, 0.25) is 0 Å². The van der Waals surface area contributed by atoms with E-state index in [0.29, 0.717) is 13.0 Å². The number of benzene rings is 2. The van der Waals surface area contributed by atoms with E-state index < -0.39 is 28.8 Å². The fourth-order valence-electron chi connectivity index (χ4n) is 6.02. The van der Waals surface area contributed by atoms with Crippen molar-refractivity contribution in [3.63, 3.8) is 0 Å². The molecule has 0 saturated heterocycles. The Morgan fingerprint density at radius 2 is 1.77 bits per heavy atom. The largest absolute Gasteiger partial charge is 0.476 e. The van der Waals surface area contributed by atoms with E-state index in [1.54, 1.807) is 18.7 Å². The normalized spacial score (nSPS) is 20.8. The molecule has 0 spiro atoms. The zero-order valence-corrected chi connectivity index (χ0v) is 23.3. The van der Waals surface area contributed by atoms with E-state index >= 15 is 0 Å². The molecule has 8 heteroatoms. The number of ether oxygens (including phenoxy) is 1. The first-order chi connectivity index (χ1) is 18.5. The topological polar surface area (TPSA) is 49.9 Å². The molecule has 1 fully saturated rings. The number of anilines is 1. The number of carbonyl (C=O) groups is 2. The highest BCUT2D eigenvalue weighted by Gasteiger charge is 2.45.